The van der Waals surface area contributed by atoms with Gasteiger partial charge in [0.25, 0.3) is 0 Å². The SMILES string of the molecule is COCCC1CCCC2(C1)OC(=O)C(c1cc(-c3ccc(Cl)cc3)ccc1C)=C2O. The molecule has 0 amide bonds. The highest BCUT2D eigenvalue weighted by Crippen LogP contribution is 2.48. The Kier molecular flexibility index (Phi) is 5.90. The summed E-state index contributed by atoms with van der Waals surface area (Å²) in [6.07, 6.45) is 4.20. The highest BCUT2D eigenvalue weighted by atomic mass is 35.5. The molecule has 1 aliphatic heterocycles. The minimum atomic E-state index is -0.897. The highest BCUT2D eigenvalue weighted by Gasteiger charge is 2.51. The van der Waals surface area contributed by atoms with Crippen LogP contribution in [-0.2, 0) is 14.3 Å². The summed E-state index contributed by atoms with van der Waals surface area (Å²) in [7, 11) is 1.69. The molecule has 2 aromatic rings. The molecule has 1 heterocycles. The van der Waals surface area contributed by atoms with E-state index >= 15 is 0 Å². The van der Waals surface area contributed by atoms with Crippen molar-refractivity contribution in [3.8, 4) is 11.1 Å². The van der Waals surface area contributed by atoms with E-state index in [1.807, 2.05) is 49.4 Å². The summed E-state index contributed by atoms with van der Waals surface area (Å²) < 4.78 is 11.1. The quantitative estimate of drug-likeness (QED) is 0.586. The Hall–Kier alpha value is -2.30. The first-order valence-corrected chi connectivity index (χ1v) is 10.8. The summed E-state index contributed by atoms with van der Waals surface area (Å²) in [5.74, 6) is 0.0247. The zero-order chi connectivity index (χ0) is 21.3. The van der Waals surface area contributed by atoms with Crippen LogP contribution < -0.4 is 0 Å². The first-order valence-electron chi connectivity index (χ1n) is 10.5. The van der Waals surface area contributed by atoms with E-state index in [4.69, 9.17) is 21.1 Å². The molecule has 4 rings (SSSR count). The van der Waals surface area contributed by atoms with E-state index in [-0.39, 0.29) is 5.76 Å². The van der Waals surface area contributed by atoms with Gasteiger partial charge in [-0.15, -0.1) is 0 Å². The summed E-state index contributed by atoms with van der Waals surface area (Å²) in [6.45, 7) is 2.62. The molecule has 158 valence electrons. The van der Waals surface area contributed by atoms with Crippen LogP contribution >= 0.6 is 11.6 Å². The average Bonchev–Trinajstić information content (AvgIpc) is 2.97. The van der Waals surface area contributed by atoms with E-state index < -0.39 is 11.6 Å². The van der Waals surface area contributed by atoms with E-state index in [1.165, 1.54) is 0 Å². The van der Waals surface area contributed by atoms with Crippen LogP contribution in [0.25, 0.3) is 16.7 Å². The van der Waals surface area contributed by atoms with Crippen LogP contribution in [-0.4, -0.2) is 30.4 Å². The molecule has 1 fully saturated rings. The van der Waals surface area contributed by atoms with Gasteiger partial charge in [0.1, 0.15) is 5.57 Å². The lowest BCUT2D eigenvalue weighted by Gasteiger charge is -2.36. The van der Waals surface area contributed by atoms with Crippen LogP contribution in [0.3, 0.4) is 0 Å². The Morgan fingerprint density at radius 1 is 1.20 bits per heavy atom. The molecule has 1 saturated carbocycles. The zero-order valence-electron chi connectivity index (χ0n) is 17.4. The zero-order valence-corrected chi connectivity index (χ0v) is 18.2. The number of aliphatic hydroxyl groups is 1. The second-order valence-electron chi connectivity index (χ2n) is 8.39. The average molecular weight is 427 g/mol. The Balaban J connectivity index is 1.71. The second kappa shape index (κ2) is 8.44. The molecule has 1 spiro atoms. The number of esters is 1. The van der Waals surface area contributed by atoms with E-state index in [0.29, 0.717) is 36.0 Å². The minimum absolute atomic E-state index is 0.0889. The van der Waals surface area contributed by atoms with Gasteiger partial charge in [-0.25, -0.2) is 4.79 Å². The molecule has 2 unspecified atom stereocenters. The van der Waals surface area contributed by atoms with Gasteiger partial charge in [0.2, 0.25) is 0 Å². The minimum Gasteiger partial charge on any atom is -0.507 e. The summed E-state index contributed by atoms with van der Waals surface area (Å²) >= 11 is 6.01. The van der Waals surface area contributed by atoms with Crippen molar-refractivity contribution in [2.24, 2.45) is 5.92 Å². The van der Waals surface area contributed by atoms with E-state index in [0.717, 1.165) is 41.5 Å². The lowest BCUT2D eigenvalue weighted by atomic mass is 9.75. The molecule has 4 nitrogen and oxygen atoms in total. The highest BCUT2D eigenvalue weighted by molar-refractivity contribution is 6.30. The third kappa shape index (κ3) is 3.86. The Morgan fingerprint density at radius 2 is 1.93 bits per heavy atom. The van der Waals surface area contributed by atoms with Gasteiger partial charge >= 0.3 is 5.97 Å². The molecular formula is C25H27ClO4. The molecule has 0 saturated heterocycles. The number of halogens is 1. The summed E-state index contributed by atoms with van der Waals surface area (Å²) in [6, 6.07) is 13.5. The standard InChI is InChI=1S/C25H27ClO4/c1-16-5-6-19(18-7-9-20(26)10-8-18)14-21(16)22-23(27)25(30-24(22)28)12-3-4-17(15-25)11-13-29-2/h5-10,14,17,27H,3-4,11-13,15H2,1-2H3. The van der Waals surface area contributed by atoms with Crippen LogP contribution in [0.1, 0.15) is 43.2 Å². The second-order valence-corrected chi connectivity index (χ2v) is 8.82. The lowest BCUT2D eigenvalue weighted by molar-refractivity contribution is -0.151. The molecule has 2 aromatic carbocycles. The number of carbonyl (C=O) groups is 1. The third-order valence-electron chi connectivity index (χ3n) is 6.39. The molecule has 0 bridgehead atoms. The van der Waals surface area contributed by atoms with Crippen molar-refractivity contribution in [1.82, 2.24) is 0 Å². The number of hydrogen-bond donors (Lipinski definition) is 1. The number of rotatable bonds is 5. The van der Waals surface area contributed by atoms with Crippen molar-refractivity contribution in [2.75, 3.05) is 13.7 Å². The summed E-state index contributed by atoms with van der Waals surface area (Å²) in [4.78, 5) is 12.9. The summed E-state index contributed by atoms with van der Waals surface area (Å²) in [5.41, 5.74) is 3.01. The largest absolute Gasteiger partial charge is 0.507 e. The number of benzene rings is 2. The van der Waals surface area contributed by atoms with Gasteiger partial charge in [-0.1, -0.05) is 42.3 Å². The van der Waals surface area contributed by atoms with Gasteiger partial charge in [-0.2, -0.15) is 0 Å². The number of aryl methyl sites for hydroxylation is 1. The molecule has 1 N–H and O–H groups in total. The first kappa shape index (κ1) is 21.0. The van der Waals surface area contributed by atoms with E-state index in [9.17, 15) is 9.90 Å². The van der Waals surface area contributed by atoms with Gasteiger partial charge in [0.05, 0.1) is 0 Å². The molecule has 0 aromatic heterocycles. The molecule has 5 heteroatoms. The van der Waals surface area contributed by atoms with Crippen LogP contribution in [0.15, 0.2) is 48.2 Å². The lowest BCUT2D eigenvalue weighted by Crippen LogP contribution is -2.38. The maximum Gasteiger partial charge on any atom is 0.343 e. The van der Waals surface area contributed by atoms with E-state index in [2.05, 4.69) is 0 Å². The normalized spacial score (nSPS) is 23.8. The number of aliphatic hydroxyl groups excluding tert-OH is 1. The van der Waals surface area contributed by atoms with Crippen molar-refractivity contribution in [3.63, 3.8) is 0 Å². The molecule has 1 aliphatic carbocycles. The predicted molar refractivity (Wildman–Crippen MR) is 118 cm³/mol. The molecular weight excluding hydrogens is 400 g/mol. The fourth-order valence-electron chi connectivity index (χ4n) is 4.74. The van der Waals surface area contributed by atoms with Gasteiger partial charge in [-0.05, 0) is 79.0 Å². The Labute approximate surface area is 182 Å². The van der Waals surface area contributed by atoms with Crippen LogP contribution in [0, 0.1) is 12.8 Å². The maximum atomic E-state index is 12.9. The van der Waals surface area contributed by atoms with Gasteiger partial charge < -0.3 is 14.6 Å². The first-order chi connectivity index (χ1) is 14.4. The van der Waals surface area contributed by atoms with Crippen LogP contribution in [0.4, 0.5) is 0 Å². The van der Waals surface area contributed by atoms with Crippen molar-refractivity contribution in [1.29, 1.82) is 0 Å². The van der Waals surface area contributed by atoms with Crippen molar-refractivity contribution >= 4 is 23.1 Å². The number of hydrogen-bond acceptors (Lipinski definition) is 4. The molecule has 0 radical (unpaired) electrons. The topological polar surface area (TPSA) is 55.8 Å². The Bertz CT molecular complexity index is 979. The molecule has 2 atom stereocenters. The van der Waals surface area contributed by atoms with Gasteiger partial charge in [0, 0.05) is 18.7 Å². The molecule has 2 aliphatic rings. The Morgan fingerprint density at radius 3 is 2.67 bits per heavy atom. The predicted octanol–water partition coefficient (Wildman–Crippen LogP) is 6.11. The van der Waals surface area contributed by atoms with Crippen molar-refractivity contribution in [2.45, 2.75) is 44.6 Å². The third-order valence-corrected chi connectivity index (χ3v) is 6.64. The van der Waals surface area contributed by atoms with Gasteiger partial charge in [-0.3, -0.25) is 0 Å². The smallest absolute Gasteiger partial charge is 0.343 e. The summed E-state index contributed by atoms with van der Waals surface area (Å²) in [5, 5.41) is 11.9. The van der Waals surface area contributed by atoms with Gasteiger partial charge in [0.15, 0.2) is 11.4 Å². The van der Waals surface area contributed by atoms with Crippen LogP contribution in [0.2, 0.25) is 5.02 Å². The monoisotopic (exact) mass is 426 g/mol. The number of methoxy groups -OCH3 is 1. The van der Waals surface area contributed by atoms with Crippen LogP contribution in [0.5, 0.6) is 0 Å². The fraction of sp³-hybridized carbons (Fsp3) is 0.400. The van der Waals surface area contributed by atoms with Crippen molar-refractivity contribution in [3.05, 3.63) is 64.4 Å². The number of carbonyl (C=O) groups excluding carboxylic acids is 1. The maximum absolute atomic E-state index is 12.9. The van der Waals surface area contributed by atoms with E-state index in [1.54, 1.807) is 7.11 Å². The fourth-order valence-corrected chi connectivity index (χ4v) is 4.86. The molecule has 30 heavy (non-hydrogen) atoms. The van der Waals surface area contributed by atoms with Crippen molar-refractivity contribution < 1.29 is 19.4 Å². The number of ether oxygens (including phenoxy) is 2.